The highest BCUT2D eigenvalue weighted by Crippen LogP contribution is 2.38. The molecule has 1 aliphatic carbocycles. The van der Waals surface area contributed by atoms with Gasteiger partial charge in [-0.2, -0.15) is 5.10 Å². The molecular weight excluding hydrogens is 286 g/mol. The van der Waals surface area contributed by atoms with Gasteiger partial charge in [0, 0.05) is 23.4 Å². The van der Waals surface area contributed by atoms with Crippen molar-refractivity contribution in [1.82, 2.24) is 15.1 Å². The van der Waals surface area contributed by atoms with Crippen molar-refractivity contribution in [2.75, 3.05) is 13.2 Å². The molecule has 5 nitrogen and oxygen atoms in total. The number of esters is 1. The minimum Gasteiger partial charge on any atom is -0.465 e. The second-order valence-electron chi connectivity index (χ2n) is 5.52. The van der Waals surface area contributed by atoms with Crippen molar-refractivity contribution in [3.05, 3.63) is 12.4 Å². The van der Waals surface area contributed by atoms with Gasteiger partial charge in [0.1, 0.15) is 5.54 Å². The first-order chi connectivity index (χ1) is 10.1. The number of aromatic nitrogens is 2. The zero-order valence-electron chi connectivity index (χ0n) is 13.1. The van der Waals surface area contributed by atoms with Crippen LogP contribution in [0.15, 0.2) is 17.3 Å². The first-order valence-electron chi connectivity index (χ1n) is 7.67. The zero-order valence-corrected chi connectivity index (χ0v) is 13.9. The van der Waals surface area contributed by atoms with Crippen LogP contribution >= 0.6 is 11.8 Å². The number of nitrogens with one attached hydrogen (secondary N) is 1. The molecule has 6 heteroatoms. The van der Waals surface area contributed by atoms with Crippen LogP contribution in [0.5, 0.6) is 0 Å². The number of ether oxygens (including phenoxy) is 1. The summed E-state index contributed by atoms with van der Waals surface area (Å²) < 4.78 is 7.13. The number of carbonyl (C=O) groups is 1. The highest BCUT2D eigenvalue weighted by atomic mass is 32.2. The molecule has 1 N–H and O–H groups in total. The van der Waals surface area contributed by atoms with Crippen LogP contribution in [-0.4, -0.2) is 39.7 Å². The third-order valence-corrected chi connectivity index (χ3v) is 5.09. The van der Waals surface area contributed by atoms with E-state index >= 15 is 0 Å². The van der Waals surface area contributed by atoms with Gasteiger partial charge in [0.15, 0.2) is 0 Å². The maximum atomic E-state index is 12.4. The average molecular weight is 311 g/mol. The molecule has 21 heavy (non-hydrogen) atoms. The predicted molar refractivity (Wildman–Crippen MR) is 84.4 cm³/mol. The van der Waals surface area contributed by atoms with Crippen LogP contribution in [0.1, 0.15) is 39.5 Å². The summed E-state index contributed by atoms with van der Waals surface area (Å²) in [4.78, 5) is 13.6. The van der Waals surface area contributed by atoms with Gasteiger partial charge in [-0.05, 0) is 39.2 Å². The lowest BCUT2D eigenvalue weighted by atomic mass is 9.81. The first-order valence-corrected chi connectivity index (χ1v) is 8.55. The number of hydrogen-bond acceptors (Lipinski definition) is 5. The molecule has 1 aromatic rings. The maximum Gasteiger partial charge on any atom is 0.326 e. The quantitative estimate of drug-likeness (QED) is 0.817. The summed E-state index contributed by atoms with van der Waals surface area (Å²) >= 11 is 1.82. The van der Waals surface area contributed by atoms with Gasteiger partial charge in [-0.1, -0.05) is 6.92 Å². The topological polar surface area (TPSA) is 56.1 Å². The van der Waals surface area contributed by atoms with Gasteiger partial charge in [-0.25, -0.2) is 0 Å². The second kappa shape index (κ2) is 7.31. The average Bonchev–Trinajstić information content (AvgIpc) is 2.85. The molecule has 0 radical (unpaired) electrons. The van der Waals surface area contributed by atoms with Crippen LogP contribution < -0.4 is 5.32 Å². The number of rotatable bonds is 6. The lowest BCUT2D eigenvalue weighted by molar-refractivity contribution is -0.152. The van der Waals surface area contributed by atoms with Crippen molar-refractivity contribution >= 4 is 17.7 Å². The van der Waals surface area contributed by atoms with Gasteiger partial charge >= 0.3 is 5.97 Å². The van der Waals surface area contributed by atoms with Gasteiger partial charge in [0.2, 0.25) is 0 Å². The second-order valence-corrected chi connectivity index (χ2v) is 6.89. The van der Waals surface area contributed by atoms with E-state index in [1.165, 1.54) is 4.90 Å². The van der Waals surface area contributed by atoms with Gasteiger partial charge in [-0.3, -0.25) is 9.48 Å². The lowest BCUT2D eigenvalue weighted by Crippen LogP contribution is -2.56. The van der Waals surface area contributed by atoms with E-state index in [0.717, 1.165) is 32.2 Å². The Morgan fingerprint density at radius 2 is 2.43 bits per heavy atom. The highest BCUT2D eigenvalue weighted by Gasteiger charge is 2.43. The molecule has 118 valence electrons. The summed E-state index contributed by atoms with van der Waals surface area (Å²) in [6.45, 7) is 5.12. The molecule has 0 bridgehead atoms. The summed E-state index contributed by atoms with van der Waals surface area (Å²) in [5.74, 6) is -0.0941. The molecule has 2 rings (SSSR count). The summed E-state index contributed by atoms with van der Waals surface area (Å²) in [5.41, 5.74) is -0.511. The molecule has 0 aromatic carbocycles. The molecule has 1 saturated carbocycles. The van der Waals surface area contributed by atoms with E-state index in [1.54, 1.807) is 0 Å². The smallest absolute Gasteiger partial charge is 0.326 e. The number of nitrogens with zero attached hydrogens (tertiary/aromatic N) is 2. The van der Waals surface area contributed by atoms with Crippen LogP contribution in [0.2, 0.25) is 0 Å². The van der Waals surface area contributed by atoms with E-state index in [1.807, 2.05) is 49.7 Å². The van der Waals surface area contributed by atoms with Crippen LogP contribution in [0.3, 0.4) is 0 Å². The third-order valence-electron chi connectivity index (χ3n) is 3.87. The van der Waals surface area contributed by atoms with Gasteiger partial charge < -0.3 is 10.1 Å². The van der Waals surface area contributed by atoms with E-state index in [4.69, 9.17) is 4.74 Å². The van der Waals surface area contributed by atoms with E-state index < -0.39 is 5.54 Å². The summed E-state index contributed by atoms with van der Waals surface area (Å²) in [5, 5.41) is 8.03. The van der Waals surface area contributed by atoms with Crippen LogP contribution in [0, 0.1) is 0 Å². The monoisotopic (exact) mass is 311 g/mol. The minimum atomic E-state index is -0.511. The van der Waals surface area contributed by atoms with Crippen molar-refractivity contribution in [2.45, 2.75) is 55.2 Å². The fourth-order valence-electron chi connectivity index (χ4n) is 3.00. The Balaban J connectivity index is 2.06. The largest absolute Gasteiger partial charge is 0.465 e. The van der Waals surface area contributed by atoms with Crippen LogP contribution in [-0.2, 0) is 16.6 Å². The number of aryl methyl sites for hydroxylation is 1. The minimum absolute atomic E-state index is 0.0941. The zero-order chi connectivity index (χ0) is 15.3. The highest BCUT2D eigenvalue weighted by molar-refractivity contribution is 8.00. The molecule has 1 heterocycles. The molecule has 0 aliphatic heterocycles. The number of thioether (sulfide) groups is 1. The van der Waals surface area contributed by atoms with Crippen molar-refractivity contribution < 1.29 is 9.53 Å². The lowest BCUT2D eigenvalue weighted by Gasteiger charge is -2.39. The summed E-state index contributed by atoms with van der Waals surface area (Å²) in [6, 6.07) is 0. The molecule has 0 spiro atoms. The van der Waals surface area contributed by atoms with Crippen molar-refractivity contribution in [3.63, 3.8) is 0 Å². The Labute approximate surface area is 130 Å². The van der Waals surface area contributed by atoms with Gasteiger partial charge in [0.05, 0.1) is 12.8 Å². The van der Waals surface area contributed by atoms with Gasteiger partial charge in [0.25, 0.3) is 0 Å². The summed E-state index contributed by atoms with van der Waals surface area (Å²) in [7, 11) is 1.92. The fourth-order valence-corrected chi connectivity index (χ4v) is 4.36. The van der Waals surface area contributed by atoms with E-state index in [-0.39, 0.29) is 5.97 Å². The normalized spacial score (nSPS) is 25.8. The van der Waals surface area contributed by atoms with E-state index in [9.17, 15) is 4.79 Å². The number of hydrogen-bond donors (Lipinski definition) is 1. The molecule has 0 saturated heterocycles. The Morgan fingerprint density at radius 1 is 1.62 bits per heavy atom. The van der Waals surface area contributed by atoms with Crippen LogP contribution in [0.4, 0.5) is 0 Å². The third kappa shape index (κ3) is 4.01. The number of carbonyl (C=O) groups excluding carboxylic acids is 1. The first kappa shape index (κ1) is 16.4. The van der Waals surface area contributed by atoms with E-state index in [0.29, 0.717) is 11.9 Å². The fraction of sp³-hybridized carbons (Fsp3) is 0.733. The molecular formula is C15H25N3O2S. The molecule has 2 unspecified atom stereocenters. The molecule has 1 fully saturated rings. The number of likely N-dealkylation sites (N-methyl/N-ethyl adjacent to an activating group) is 1. The predicted octanol–water partition coefficient (Wildman–Crippen LogP) is 2.37. The molecule has 1 aliphatic rings. The van der Waals surface area contributed by atoms with E-state index in [2.05, 4.69) is 10.4 Å². The van der Waals surface area contributed by atoms with Crippen molar-refractivity contribution in [3.8, 4) is 0 Å². The molecule has 0 amide bonds. The van der Waals surface area contributed by atoms with Crippen LogP contribution in [0.25, 0.3) is 0 Å². The standard InChI is InChI=1S/C15H25N3O2S/c1-4-16-15(14(19)20-5-2)8-6-7-12(9-15)21-13-10-17-18(3)11-13/h10-12,16H,4-9H2,1-3H3. The summed E-state index contributed by atoms with van der Waals surface area (Å²) in [6.07, 6.45) is 7.77. The Morgan fingerprint density at radius 3 is 3.05 bits per heavy atom. The Bertz CT molecular complexity index is 473. The Hall–Kier alpha value is -1.01. The Kier molecular flexibility index (Phi) is 5.70. The van der Waals surface area contributed by atoms with Crippen molar-refractivity contribution in [2.24, 2.45) is 7.05 Å². The molecule has 1 aromatic heterocycles. The molecule has 2 atom stereocenters. The van der Waals surface area contributed by atoms with Gasteiger partial charge in [-0.15, -0.1) is 11.8 Å². The SMILES string of the molecule is CCNC1(C(=O)OCC)CCCC(Sc2cnn(C)c2)C1. The van der Waals surface area contributed by atoms with Crippen molar-refractivity contribution in [1.29, 1.82) is 0 Å². The maximum absolute atomic E-state index is 12.4.